The van der Waals surface area contributed by atoms with Gasteiger partial charge < -0.3 is 9.80 Å². The van der Waals surface area contributed by atoms with Gasteiger partial charge in [0.25, 0.3) is 11.7 Å². The molecule has 138 valence electrons. The lowest BCUT2D eigenvalue weighted by atomic mass is 10.2. The summed E-state index contributed by atoms with van der Waals surface area (Å²) in [5.41, 5.74) is 1.08. The maximum atomic E-state index is 12.6. The van der Waals surface area contributed by atoms with Crippen LogP contribution in [0.15, 0.2) is 42.6 Å². The van der Waals surface area contributed by atoms with Gasteiger partial charge in [0.05, 0.1) is 36.4 Å². The Bertz CT molecular complexity index is 748. The van der Waals surface area contributed by atoms with Crippen molar-refractivity contribution >= 4 is 34.9 Å². The van der Waals surface area contributed by atoms with Gasteiger partial charge in [0.2, 0.25) is 0 Å². The summed E-state index contributed by atoms with van der Waals surface area (Å²) in [4.78, 5) is 21.2. The molecule has 1 amide bonds. The number of aromatic nitrogens is 1. The molecule has 0 aliphatic carbocycles. The first kappa shape index (κ1) is 19.0. The minimum atomic E-state index is 0.194. The quantitative estimate of drug-likeness (QED) is 0.826. The fourth-order valence-corrected chi connectivity index (χ4v) is 3.53. The molecule has 1 unspecified atom stereocenters. The van der Waals surface area contributed by atoms with Gasteiger partial charge in [-0.2, -0.15) is 0 Å². The normalized spacial score (nSPS) is 15.8. The first-order valence-corrected chi connectivity index (χ1v) is 9.53. The number of likely N-dealkylation sites (N-methyl/N-ethyl adjacent to an activating group) is 1. The van der Waals surface area contributed by atoms with Gasteiger partial charge in [0, 0.05) is 11.6 Å². The van der Waals surface area contributed by atoms with Crippen LogP contribution in [0.25, 0.3) is 0 Å². The van der Waals surface area contributed by atoms with Crippen LogP contribution >= 0.6 is 23.2 Å². The summed E-state index contributed by atoms with van der Waals surface area (Å²) in [6.45, 7) is 4.40. The highest BCUT2D eigenvalue weighted by Gasteiger charge is 2.27. The molecule has 1 fully saturated rings. The number of amides is 1. The number of benzene rings is 1. The Morgan fingerprint density at radius 2 is 1.88 bits per heavy atom. The number of piperazine rings is 1. The fraction of sp³-hybridized carbons (Fsp3) is 0.368. The lowest BCUT2D eigenvalue weighted by Gasteiger charge is -2.31. The number of carbonyl (C=O) groups excluding carboxylic acids is 1. The van der Waals surface area contributed by atoms with Crippen LogP contribution in [-0.2, 0) is 11.3 Å². The van der Waals surface area contributed by atoms with Gasteiger partial charge in [-0.15, -0.1) is 0 Å². The molecule has 1 saturated heterocycles. The minimum Gasteiger partial charge on any atom is -0.330 e. The molecular weight excluding hydrogens is 371 g/mol. The number of H-pyrrole nitrogens is 1. The molecule has 1 aromatic carbocycles. The second kappa shape index (κ2) is 8.71. The molecule has 3 rings (SSSR count). The van der Waals surface area contributed by atoms with Crippen molar-refractivity contribution in [1.82, 2.24) is 4.90 Å². The summed E-state index contributed by atoms with van der Waals surface area (Å²) >= 11 is 12.0. The van der Waals surface area contributed by atoms with Gasteiger partial charge >= 0.3 is 0 Å². The van der Waals surface area contributed by atoms with E-state index >= 15 is 0 Å². The molecule has 0 bridgehead atoms. The highest BCUT2D eigenvalue weighted by atomic mass is 35.5. The van der Waals surface area contributed by atoms with Gasteiger partial charge in [-0.1, -0.05) is 35.3 Å². The number of hydrogen-bond acceptors (Lipinski definition) is 2. The molecule has 2 heterocycles. The highest BCUT2D eigenvalue weighted by molar-refractivity contribution is 6.42. The van der Waals surface area contributed by atoms with Crippen LogP contribution < -0.4 is 14.8 Å². The third-order valence-electron chi connectivity index (χ3n) is 4.61. The summed E-state index contributed by atoms with van der Waals surface area (Å²) in [5, 5.41) is 1.11. The smallest absolute Gasteiger partial charge is 0.278 e. The number of quaternary nitrogens is 1. The van der Waals surface area contributed by atoms with E-state index in [1.54, 1.807) is 6.07 Å². The number of hydrogen-bond donors (Lipinski definition) is 1. The maximum absolute atomic E-state index is 12.6. The molecule has 5 nitrogen and oxygen atoms in total. The predicted octanol–water partition coefficient (Wildman–Crippen LogP) is 1.17. The van der Waals surface area contributed by atoms with Crippen molar-refractivity contribution in [2.24, 2.45) is 0 Å². The second-order valence-electron chi connectivity index (χ2n) is 6.67. The number of halogens is 2. The SMILES string of the molecule is C[NH+](CC(=O)N1CCN(c2cccc[nH+]2)CC1)Cc1ccc(Cl)c(Cl)c1. The molecule has 1 aliphatic heterocycles. The van der Waals surface area contributed by atoms with Crippen molar-refractivity contribution in [3.05, 3.63) is 58.2 Å². The number of carbonyl (C=O) groups is 1. The highest BCUT2D eigenvalue weighted by Crippen LogP contribution is 2.22. The van der Waals surface area contributed by atoms with Gasteiger partial charge in [0.1, 0.15) is 19.6 Å². The first-order chi connectivity index (χ1) is 12.5. The molecule has 2 aromatic rings. The van der Waals surface area contributed by atoms with E-state index < -0.39 is 0 Å². The van der Waals surface area contributed by atoms with Gasteiger partial charge in [-0.05, 0) is 18.2 Å². The molecule has 0 spiro atoms. The number of aromatic amines is 1. The number of nitrogens with zero attached hydrogens (tertiary/aromatic N) is 2. The maximum Gasteiger partial charge on any atom is 0.278 e. The van der Waals surface area contributed by atoms with Crippen molar-refractivity contribution in [2.75, 3.05) is 44.7 Å². The summed E-state index contributed by atoms with van der Waals surface area (Å²) in [6.07, 6.45) is 1.92. The average Bonchev–Trinajstić information content (AvgIpc) is 2.65. The van der Waals surface area contributed by atoms with Crippen LogP contribution in [0.5, 0.6) is 0 Å². The first-order valence-electron chi connectivity index (χ1n) is 8.77. The van der Waals surface area contributed by atoms with Crippen molar-refractivity contribution in [3.63, 3.8) is 0 Å². The molecule has 2 N–H and O–H groups in total. The molecule has 7 heteroatoms. The van der Waals surface area contributed by atoms with Gasteiger partial charge in [-0.25, -0.2) is 4.98 Å². The van der Waals surface area contributed by atoms with Crippen LogP contribution in [-0.4, -0.2) is 50.6 Å². The van der Waals surface area contributed by atoms with Crippen molar-refractivity contribution in [1.29, 1.82) is 0 Å². The van der Waals surface area contributed by atoms with Crippen molar-refractivity contribution in [2.45, 2.75) is 6.54 Å². The van der Waals surface area contributed by atoms with Gasteiger partial charge in [-0.3, -0.25) is 9.69 Å². The van der Waals surface area contributed by atoms with Crippen LogP contribution in [0.1, 0.15) is 5.56 Å². The fourth-order valence-electron chi connectivity index (χ4n) is 3.21. The minimum absolute atomic E-state index is 0.194. The van der Waals surface area contributed by atoms with Crippen molar-refractivity contribution in [3.8, 4) is 0 Å². The van der Waals surface area contributed by atoms with E-state index in [1.165, 1.54) is 0 Å². The number of rotatable bonds is 5. The van der Waals surface area contributed by atoms with Crippen LogP contribution in [0.3, 0.4) is 0 Å². The Morgan fingerprint density at radius 1 is 1.12 bits per heavy atom. The Kier molecular flexibility index (Phi) is 6.35. The summed E-state index contributed by atoms with van der Waals surface area (Å²) in [6, 6.07) is 11.7. The number of anilines is 1. The van der Waals surface area contributed by atoms with Crippen LogP contribution in [0.4, 0.5) is 5.82 Å². The Labute approximate surface area is 164 Å². The van der Waals surface area contributed by atoms with Crippen LogP contribution in [0, 0.1) is 0 Å². The van der Waals surface area contributed by atoms with E-state index in [4.69, 9.17) is 23.2 Å². The lowest BCUT2D eigenvalue weighted by Crippen LogP contribution is -3.09. The second-order valence-corrected chi connectivity index (χ2v) is 7.49. The number of nitrogens with one attached hydrogen (secondary N) is 2. The Hall–Kier alpha value is -1.82. The summed E-state index contributed by atoms with van der Waals surface area (Å²) in [7, 11) is 2.02. The zero-order valence-electron chi connectivity index (χ0n) is 14.8. The molecule has 1 aromatic heterocycles. The zero-order valence-corrected chi connectivity index (χ0v) is 16.4. The topological polar surface area (TPSA) is 42.1 Å². The molecule has 26 heavy (non-hydrogen) atoms. The standard InChI is InChI=1S/C19H22Cl2N4O/c1-23(13-15-5-6-16(20)17(21)12-15)14-19(26)25-10-8-24(9-11-25)18-4-2-3-7-22-18/h2-7,12H,8-11,13-14H2,1H3/p+2. The van der Waals surface area contributed by atoms with E-state index in [1.807, 2.05) is 42.4 Å². The molecule has 0 saturated carbocycles. The average molecular weight is 395 g/mol. The Balaban J connectivity index is 1.48. The van der Waals surface area contributed by atoms with Crippen molar-refractivity contribution < 1.29 is 14.7 Å². The third kappa shape index (κ3) is 4.87. The third-order valence-corrected chi connectivity index (χ3v) is 5.35. The van der Waals surface area contributed by atoms with E-state index in [9.17, 15) is 4.79 Å². The molecular formula is C19H24Cl2N4O+2. The predicted molar refractivity (Wildman–Crippen MR) is 104 cm³/mol. The van der Waals surface area contributed by atoms with Gasteiger partial charge in [0.15, 0.2) is 6.54 Å². The van der Waals surface area contributed by atoms with E-state index in [0.717, 1.165) is 49.0 Å². The molecule has 1 atom stereocenters. The van der Waals surface area contributed by atoms with E-state index in [-0.39, 0.29) is 5.91 Å². The summed E-state index contributed by atoms with van der Waals surface area (Å²) < 4.78 is 0. The lowest BCUT2D eigenvalue weighted by molar-refractivity contribution is -0.885. The van der Waals surface area contributed by atoms with E-state index in [2.05, 4.69) is 16.0 Å². The monoisotopic (exact) mass is 394 g/mol. The summed E-state index contributed by atoms with van der Waals surface area (Å²) in [5.74, 6) is 1.29. The number of pyridine rings is 1. The molecule has 0 radical (unpaired) electrons. The zero-order chi connectivity index (χ0) is 18.5. The molecule has 1 aliphatic rings. The largest absolute Gasteiger partial charge is 0.330 e. The Morgan fingerprint density at radius 3 is 2.54 bits per heavy atom. The van der Waals surface area contributed by atoms with E-state index in [0.29, 0.717) is 16.6 Å². The van der Waals surface area contributed by atoms with Crippen LogP contribution in [0.2, 0.25) is 10.0 Å².